The Morgan fingerprint density at radius 1 is 1.46 bits per heavy atom. The largest absolute Gasteiger partial charge is 0.348 e. The predicted octanol–water partition coefficient (Wildman–Crippen LogP) is 2.68. The Balaban J connectivity index is 1.97. The van der Waals surface area contributed by atoms with E-state index >= 15 is 0 Å². The molecule has 0 unspecified atom stereocenters. The van der Waals surface area contributed by atoms with E-state index in [0.29, 0.717) is 5.65 Å². The van der Waals surface area contributed by atoms with Gasteiger partial charge < -0.3 is 14.9 Å². The second-order valence-corrected chi connectivity index (χ2v) is 5.13. The molecule has 0 saturated heterocycles. The number of aromatic nitrogens is 4. The van der Waals surface area contributed by atoms with Crippen LogP contribution in [-0.4, -0.2) is 32.5 Å². The number of fused-ring (bicyclic) bond motifs is 1. The lowest BCUT2D eigenvalue weighted by molar-refractivity contribution is 0.163. The van der Waals surface area contributed by atoms with E-state index in [1.54, 1.807) is 6.20 Å². The Morgan fingerprint density at radius 3 is 3.00 bits per heavy atom. The molecule has 0 aromatic carbocycles. The molecule has 0 atom stereocenters. The van der Waals surface area contributed by atoms with Crippen LogP contribution in [-0.2, 0) is 7.05 Å². The highest BCUT2D eigenvalue weighted by atomic mass is 19.3. The van der Waals surface area contributed by atoms with Crippen molar-refractivity contribution < 1.29 is 8.78 Å². The van der Waals surface area contributed by atoms with Crippen LogP contribution < -0.4 is 10.8 Å². The molecule has 6 nitrogen and oxygen atoms in total. The van der Waals surface area contributed by atoms with Gasteiger partial charge in [0.2, 0.25) is 5.95 Å². The molecule has 0 aliphatic carbocycles. The normalized spacial score (nSPS) is 12.1. The van der Waals surface area contributed by atoms with Crippen molar-refractivity contribution in [2.45, 2.75) is 6.43 Å². The van der Waals surface area contributed by atoms with Gasteiger partial charge in [0.15, 0.2) is 0 Å². The Morgan fingerprint density at radius 2 is 2.29 bits per heavy atom. The molecule has 24 heavy (non-hydrogen) atoms. The number of hydrogen-bond donors (Lipinski definition) is 2. The molecular weight excluding hydrogens is 314 g/mol. The molecule has 3 rings (SSSR count). The van der Waals surface area contributed by atoms with Crippen LogP contribution in [0.3, 0.4) is 0 Å². The van der Waals surface area contributed by atoms with Gasteiger partial charge in [-0.25, -0.2) is 18.8 Å². The van der Waals surface area contributed by atoms with Crippen molar-refractivity contribution in [3.63, 3.8) is 0 Å². The third-order valence-electron chi connectivity index (χ3n) is 3.49. The molecule has 0 aliphatic heterocycles. The van der Waals surface area contributed by atoms with Crippen molar-refractivity contribution in [1.82, 2.24) is 19.5 Å². The highest BCUT2D eigenvalue weighted by Crippen LogP contribution is 2.26. The maximum absolute atomic E-state index is 12.2. The van der Waals surface area contributed by atoms with Gasteiger partial charge in [0.25, 0.3) is 6.43 Å². The molecule has 0 saturated carbocycles. The van der Waals surface area contributed by atoms with Crippen LogP contribution in [0.25, 0.3) is 22.2 Å². The molecule has 124 valence electrons. The van der Waals surface area contributed by atoms with E-state index in [0.717, 1.165) is 22.0 Å². The molecule has 2 N–H and O–H groups in total. The van der Waals surface area contributed by atoms with Crippen LogP contribution in [0, 0.1) is 0 Å². The minimum Gasteiger partial charge on any atom is -0.348 e. The van der Waals surface area contributed by atoms with Gasteiger partial charge in [-0.15, -0.1) is 0 Å². The van der Waals surface area contributed by atoms with Crippen molar-refractivity contribution in [1.29, 1.82) is 0 Å². The van der Waals surface area contributed by atoms with Crippen LogP contribution >= 0.6 is 0 Å². The van der Waals surface area contributed by atoms with Gasteiger partial charge in [0.1, 0.15) is 11.1 Å². The number of H-pyrrole nitrogens is 1. The van der Waals surface area contributed by atoms with Gasteiger partial charge in [-0.05, 0) is 12.1 Å². The van der Waals surface area contributed by atoms with Crippen molar-refractivity contribution >= 4 is 17.0 Å². The standard InChI is InChI=1S/C16H16F2N6/c1-3-19-14-5-4-10(9-24(14)2)11-6-20-15-12(11)7-21-16(23-15)22-8-13(17)18/h3-7,9,13H,1,8H2,2H3,(H2,20,21,22,23)/b19-14-. The Labute approximate surface area is 136 Å². The number of halogens is 2. The van der Waals surface area contributed by atoms with Crippen LogP contribution in [0.2, 0.25) is 0 Å². The molecule has 3 heterocycles. The van der Waals surface area contributed by atoms with Crippen molar-refractivity contribution in [2.75, 3.05) is 11.9 Å². The number of anilines is 1. The number of aryl methyl sites for hydroxylation is 1. The molecule has 3 aromatic rings. The van der Waals surface area contributed by atoms with Gasteiger partial charge in [-0.3, -0.25) is 0 Å². The van der Waals surface area contributed by atoms with Crippen molar-refractivity contribution in [2.24, 2.45) is 12.0 Å². The fourth-order valence-corrected chi connectivity index (χ4v) is 2.39. The first-order valence-corrected chi connectivity index (χ1v) is 7.26. The number of pyridine rings is 1. The molecule has 0 aliphatic rings. The van der Waals surface area contributed by atoms with Gasteiger partial charge in [0, 0.05) is 48.4 Å². The monoisotopic (exact) mass is 330 g/mol. The quantitative estimate of drug-likeness (QED) is 0.755. The summed E-state index contributed by atoms with van der Waals surface area (Å²) < 4.78 is 26.4. The van der Waals surface area contributed by atoms with E-state index in [1.165, 1.54) is 6.20 Å². The summed E-state index contributed by atoms with van der Waals surface area (Å²) in [5, 5.41) is 3.31. The average molecular weight is 330 g/mol. The summed E-state index contributed by atoms with van der Waals surface area (Å²) in [7, 11) is 1.89. The number of nitrogens with one attached hydrogen (secondary N) is 2. The van der Waals surface area contributed by atoms with Gasteiger partial charge in [0.05, 0.1) is 6.54 Å². The highest BCUT2D eigenvalue weighted by molar-refractivity contribution is 5.93. The predicted molar refractivity (Wildman–Crippen MR) is 88.5 cm³/mol. The summed E-state index contributed by atoms with van der Waals surface area (Å²) in [5.41, 5.74) is 3.25. The summed E-state index contributed by atoms with van der Waals surface area (Å²) in [6.07, 6.45) is 4.40. The minimum atomic E-state index is -2.46. The zero-order chi connectivity index (χ0) is 17.1. The maximum atomic E-state index is 12.2. The number of rotatable bonds is 5. The van der Waals surface area contributed by atoms with E-state index in [1.807, 2.05) is 36.1 Å². The number of nitrogens with zero attached hydrogens (tertiary/aromatic N) is 4. The van der Waals surface area contributed by atoms with Gasteiger partial charge in [-0.2, -0.15) is 4.98 Å². The van der Waals surface area contributed by atoms with Crippen LogP contribution in [0.5, 0.6) is 0 Å². The third kappa shape index (κ3) is 3.17. The highest BCUT2D eigenvalue weighted by Gasteiger charge is 2.10. The number of alkyl halides is 2. The Kier molecular flexibility index (Phi) is 4.37. The van der Waals surface area contributed by atoms with Crippen molar-refractivity contribution in [3.05, 3.63) is 49.0 Å². The Bertz CT molecular complexity index is 941. The lowest BCUT2D eigenvalue weighted by Crippen LogP contribution is -2.15. The van der Waals surface area contributed by atoms with E-state index in [9.17, 15) is 8.78 Å². The lowest BCUT2D eigenvalue weighted by atomic mass is 10.1. The van der Waals surface area contributed by atoms with Crippen LogP contribution in [0.4, 0.5) is 14.7 Å². The molecule has 0 radical (unpaired) electrons. The fourth-order valence-electron chi connectivity index (χ4n) is 2.39. The van der Waals surface area contributed by atoms with Gasteiger partial charge >= 0.3 is 0 Å². The molecule has 0 fully saturated rings. The minimum absolute atomic E-state index is 0.168. The summed E-state index contributed by atoms with van der Waals surface area (Å²) in [4.78, 5) is 15.5. The zero-order valence-electron chi connectivity index (χ0n) is 13.0. The summed E-state index contributed by atoms with van der Waals surface area (Å²) in [6, 6.07) is 3.82. The molecule has 8 heteroatoms. The molecular formula is C16H16F2N6. The second kappa shape index (κ2) is 6.61. The van der Waals surface area contributed by atoms with E-state index < -0.39 is 13.0 Å². The lowest BCUT2D eigenvalue weighted by Gasteiger charge is -2.05. The topological polar surface area (TPSA) is 70.9 Å². The molecule has 0 amide bonds. The zero-order valence-corrected chi connectivity index (χ0v) is 13.0. The molecule has 3 aromatic heterocycles. The SMILES string of the molecule is C=C/N=c1/ccc(-c2c[nH]c3nc(NCC(F)F)ncc23)cn1C. The summed E-state index contributed by atoms with van der Waals surface area (Å²) >= 11 is 0. The maximum Gasteiger partial charge on any atom is 0.255 e. The first kappa shape index (κ1) is 15.9. The Hall–Kier alpha value is -3.03. The van der Waals surface area contributed by atoms with Gasteiger partial charge in [-0.1, -0.05) is 6.58 Å². The third-order valence-corrected chi connectivity index (χ3v) is 3.49. The average Bonchev–Trinajstić information content (AvgIpc) is 2.98. The summed E-state index contributed by atoms with van der Waals surface area (Å²) in [5.74, 6) is 0.168. The second-order valence-electron chi connectivity index (χ2n) is 5.13. The van der Waals surface area contributed by atoms with Crippen LogP contribution in [0.1, 0.15) is 0 Å². The first-order chi connectivity index (χ1) is 11.6. The van der Waals surface area contributed by atoms with Crippen LogP contribution in [0.15, 0.2) is 48.5 Å². The fraction of sp³-hybridized carbons (Fsp3) is 0.188. The van der Waals surface area contributed by atoms with E-state index in [-0.39, 0.29) is 5.95 Å². The number of hydrogen-bond acceptors (Lipinski definition) is 4. The van der Waals surface area contributed by atoms with E-state index in [2.05, 4.69) is 31.8 Å². The first-order valence-electron chi connectivity index (χ1n) is 7.26. The number of aromatic amines is 1. The smallest absolute Gasteiger partial charge is 0.255 e. The molecule has 0 spiro atoms. The van der Waals surface area contributed by atoms with Crippen molar-refractivity contribution in [3.8, 4) is 11.1 Å². The van der Waals surface area contributed by atoms with E-state index in [4.69, 9.17) is 0 Å². The molecule has 0 bridgehead atoms. The summed E-state index contributed by atoms with van der Waals surface area (Å²) in [6.45, 7) is 3.11.